The van der Waals surface area contributed by atoms with Crippen molar-refractivity contribution in [1.29, 1.82) is 0 Å². The third-order valence-corrected chi connectivity index (χ3v) is 5.61. The first-order valence-corrected chi connectivity index (χ1v) is 9.68. The Morgan fingerprint density at radius 1 is 1.21 bits per heavy atom. The summed E-state index contributed by atoms with van der Waals surface area (Å²) in [4.78, 5) is 14.7. The van der Waals surface area contributed by atoms with Crippen LogP contribution in [0.15, 0.2) is 36.4 Å². The fourth-order valence-electron chi connectivity index (χ4n) is 3.77. The number of halogens is 3. The summed E-state index contributed by atoms with van der Waals surface area (Å²) in [6.45, 7) is 5.96. The molecule has 0 spiro atoms. The molecule has 1 aromatic heterocycles. The largest absolute Gasteiger partial charge is 0.292 e. The molecule has 0 saturated heterocycles. The molecule has 0 saturated carbocycles. The Hall–Kier alpha value is -2.37. The highest BCUT2D eigenvalue weighted by molar-refractivity contribution is 6.31. The van der Waals surface area contributed by atoms with Crippen LogP contribution in [0.2, 0.25) is 10.0 Å². The third kappa shape index (κ3) is 2.81. The van der Waals surface area contributed by atoms with E-state index in [9.17, 15) is 9.18 Å². The van der Waals surface area contributed by atoms with Crippen LogP contribution in [0.3, 0.4) is 0 Å². The molecule has 1 N–H and O–H groups in total. The van der Waals surface area contributed by atoms with Gasteiger partial charge in [0.25, 0.3) is 5.91 Å². The molecule has 28 heavy (non-hydrogen) atoms. The highest BCUT2D eigenvalue weighted by Crippen LogP contribution is 2.46. The Balaban J connectivity index is 2.00. The first-order valence-electron chi connectivity index (χ1n) is 8.93. The number of benzene rings is 2. The zero-order valence-electron chi connectivity index (χ0n) is 15.6. The fraction of sp³-hybridized carbons (Fsp3) is 0.238. The lowest BCUT2D eigenvalue weighted by molar-refractivity contribution is 0.0988. The van der Waals surface area contributed by atoms with Crippen LogP contribution in [0.4, 0.5) is 10.1 Å². The molecule has 0 bridgehead atoms. The van der Waals surface area contributed by atoms with Crippen molar-refractivity contribution in [2.45, 2.75) is 32.7 Å². The second kappa shape index (κ2) is 6.90. The van der Waals surface area contributed by atoms with Gasteiger partial charge < -0.3 is 0 Å². The summed E-state index contributed by atoms with van der Waals surface area (Å²) in [5.74, 6) is -0.878. The number of amides is 1. The van der Waals surface area contributed by atoms with Crippen molar-refractivity contribution >= 4 is 34.8 Å². The molecule has 0 fully saturated rings. The lowest BCUT2D eigenvalue weighted by atomic mass is 9.92. The monoisotopic (exact) mass is 417 g/mol. The number of rotatable bonds is 3. The van der Waals surface area contributed by atoms with E-state index in [0.29, 0.717) is 10.7 Å². The molecule has 7 heteroatoms. The van der Waals surface area contributed by atoms with Gasteiger partial charge in [0.2, 0.25) is 0 Å². The molecule has 4 rings (SSSR count). The number of hydrogen-bond donors (Lipinski definition) is 1. The van der Waals surface area contributed by atoms with E-state index in [1.165, 1.54) is 11.0 Å². The molecule has 1 aliphatic rings. The molecule has 2 heterocycles. The predicted octanol–water partition coefficient (Wildman–Crippen LogP) is 6.04. The molecule has 144 valence electrons. The number of anilines is 1. The molecule has 0 radical (unpaired) electrons. The number of nitrogens with zero attached hydrogens (tertiary/aromatic N) is 2. The lowest BCUT2D eigenvalue weighted by Crippen LogP contribution is -2.30. The first kappa shape index (κ1) is 19.0. The van der Waals surface area contributed by atoms with Gasteiger partial charge in [-0.25, -0.2) is 4.39 Å². The molecular weight excluding hydrogens is 400 g/mol. The molecule has 4 nitrogen and oxygen atoms in total. The smallest absolute Gasteiger partial charge is 0.280 e. The van der Waals surface area contributed by atoms with E-state index >= 15 is 0 Å². The van der Waals surface area contributed by atoms with Crippen molar-refractivity contribution in [1.82, 2.24) is 10.2 Å². The zero-order valence-corrected chi connectivity index (χ0v) is 17.1. The highest BCUT2D eigenvalue weighted by atomic mass is 35.5. The van der Waals surface area contributed by atoms with Gasteiger partial charge in [-0.05, 0) is 48.2 Å². The van der Waals surface area contributed by atoms with E-state index in [1.54, 1.807) is 18.2 Å². The van der Waals surface area contributed by atoms with Crippen LogP contribution in [0, 0.1) is 12.7 Å². The van der Waals surface area contributed by atoms with Gasteiger partial charge in [-0.15, -0.1) is 0 Å². The Labute approximate surface area is 172 Å². The Morgan fingerprint density at radius 3 is 2.64 bits per heavy atom. The molecule has 1 unspecified atom stereocenters. The normalized spacial score (nSPS) is 16.2. The summed E-state index contributed by atoms with van der Waals surface area (Å²) in [5.41, 5.74) is 3.82. The van der Waals surface area contributed by atoms with Gasteiger partial charge in [0.1, 0.15) is 0 Å². The predicted molar refractivity (Wildman–Crippen MR) is 109 cm³/mol. The molecule has 2 aromatic carbocycles. The van der Waals surface area contributed by atoms with Crippen LogP contribution >= 0.6 is 23.2 Å². The van der Waals surface area contributed by atoms with Gasteiger partial charge in [0.15, 0.2) is 11.5 Å². The van der Waals surface area contributed by atoms with E-state index in [0.717, 1.165) is 22.4 Å². The minimum absolute atomic E-state index is 0.0351. The number of carbonyl (C=O) groups is 1. The van der Waals surface area contributed by atoms with Crippen LogP contribution in [0.1, 0.15) is 58.7 Å². The van der Waals surface area contributed by atoms with Crippen molar-refractivity contribution in [3.8, 4) is 0 Å². The Bertz CT molecular complexity index is 1090. The summed E-state index contributed by atoms with van der Waals surface area (Å²) in [6, 6.07) is 9.60. The SMILES string of the molecule is Cc1cc(Cl)ccc1C1c2c(n[nH]c2C(C)C)C(=O)N1c1cccc(Cl)c1F. The van der Waals surface area contributed by atoms with E-state index in [4.69, 9.17) is 23.2 Å². The molecule has 1 atom stereocenters. The minimum Gasteiger partial charge on any atom is -0.292 e. The van der Waals surface area contributed by atoms with Crippen molar-refractivity contribution < 1.29 is 9.18 Å². The van der Waals surface area contributed by atoms with Crippen molar-refractivity contribution in [3.05, 3.63) is 80.3 Å². The second-order valence-electron chi connectivity index (χ2n) is 7.21. The second-order valence-corrected chi connectivity index (χ2v) is 8.05. The average molecular weight is 418 g/mol. The standard InChI is InChI=1S/C21H18Cl2FN3O/c1-10(2)18-16-19(26-25-18)21(28)27(15-6-4-5-14(23)17(15)24)20(16)13-8-7-12(22)9-11(13)3/h4-10,20H,1-3H3,(H,25,26). The number of nitrogens with one attached hydrogen (secondary N) is 1. The third-order valence-electron chi connectivity index (χ3n) is 5.08. The van der Waals surface area contributed by atoms with Gasteiger partial charge in [0.05, 0.1) is 16.8 Å². The summed E-state index contributed by atoms with van der Waals surface area (Å²) >= 11 is 12.1. The molecule has 1 amide bonds. The van der Waals surface area contributed by atoms with Gasteiger partial charge in [-0.3, -0.25) is 14.8 Å². The number of hydrogen-bond acceptors (Lipinski definition) is 2. The number of carbonyl (C=O) groups excluding carboxylic acids is 1. The maximum atomic E-state index is 14.9. The van der Waals surface area contributed by atoms with Gasteiger partial charge in [0, 0.05) is 16.3 Å². The fourth-order valence-corrected chi connectivity index (χ4v) is 4.17. The van der Waals surface area contributed by atoms with Crippen molar-refractivity contribution in [2.24, 2.45) is 0 Å². The number of aryl methyl sites for hydroxylation is 1. The van der Waals surface area contributed by atoms with Crippen LogP contribution in [-0.4, -0.2) is 16.1 Å². The lowest BCUT2D eigenvalue weighted by Gasteiger charge is -2.28. The number of H-pyrrole nitrogens is 1. The highest BCUT2D eigenvalue weighted by Gasteiger charge is 2.44. The van der Waals surface area contributed by atoms with Gasteiger partial charge in [-0.2, -0.15) is 5.10 Å². The van der Waals surface area contributed by atoms with Crippen molar-refractivity contribution in [2.75, 3.05) is 4.90 Å². The summed E-state index contributed by atoms with van der Waals surface area (Å²) < 4.78 is 14.9. The molecular formula is C21H18Cl2FN3O. The van der Waals surface area contributed by atoms with Crippen LogP contribution in [0.5, 0.6) is 0 Å². The van der Waals surface area contributed by atoms with E-state index in [1.807, 2.05) is 32.9 Å². The van der Waals surface area contributed by atoms with E-state index in [-0.39, 0.29) is 22.5 Å². The minimum atomic E-state index is -0.630. The van der Waals surface area contributed by atoms with E-state index in [2.05, 4.69) is 10.2 Å². The van der Waals surface area contributed by atoms with Crippen LogP contribution < -0.4 is 4.90 Å². The maximum absolute atomic E-state index is 14.9. The topological polar surface area (TPSA) is 49.0 Å². The Kier molecular flexibility index (Phi) is 4.68. The molecule has 0 aliphatic carbocycles. The summed E-state index contributed by atoms with van der Waals surface area (Å²) in [5, 5.41) is 7.81. The van der Waals surface area contributed by atoms with Crippen molar-refractivity contribution in [3.63, 3.8) is 0 Å². The summed E-state index contributed by atoms with van der Waals surface area (Å²) in [6.07, 6.45) is 0. The van der Waals surface area contributed by atoms with Gasteiger partial charge in [-0.1, -0.05) is 49.2 Å². The zero-order chi connectivity index (χ0) is 20.2. The average Bonchev–Trinajstić information content (AvgIpc) is 3.18. The maximum Gasteiger partial charge on any atom is 0.280 e. The number of aromatic nitrogens is 2. The number of fused-ring (bicyclic) bond motifs is 1. The first-order chi connectivity index (χ1) is 13.3. The molecule has 1 aliphatic heterocycles. The van der Waals surface area contributed by atoms with E-state index < -0.39 is 11.9 Å². The van der Waals surface area contributed by atoms with Crippen LogP contribution in [0.25, 0.3) is 0 Å². The molecule has 3 aromatic rings. The van der Waals surface area contributed by atoms with Crippen LogP contribution in [-0.2, 0) is 0 Å². The summed E-state index contributed by atoms with van der Waals surface area (Å²) in [7, 11) is 0. The number of aromatic amines is 1. The Morgan fingerprint density at radius 2 is 1.96 bits per heavy atom. The quantitative estimate of drug-likeness (QED) is 0.564. The van der Waals surface area contributed by atoms with Gasteiger partial charge >= 0.3 is 0 Å².